The van der Waals surface area contributed by atoms with Gasteiger partial charge in [-0.1, -0.05) is 46.3 Å². The van der Waals surface area contributed by atoms with Crippen LogP contribution >= 0.6 is 15.9 Å². The van der Waals surface area contributed by atoms with Crippen LogP contribution in [-0.4, -0.2) is 0 Å². The van der Waals surface area contributed by atoms with Crippen LogP contribution in [0.3, 0.4) is 0 Å². The van der Waals surface area contributed by atoms with E-state index in [1.54, 1.807) is 6.07 Å². The number of alkyl halides is 1. The van der Waals surface area contributed by atoms with Gasteiger partial charge in [0.25, 0.3) is 0 Å². The second kappa shape index (κ2) is 6.40. The van der Waals surface area contributed by atoms with Gasteiger partial charge in [0.05, 0.1) is 11.6 Å². The van der Waals surface area contributed by atoms with Gasteiger partial charge in [-0.2, -0.15) is 5.26 Å². The Bertz CT molecular complexity index is 616. The molecule has 0 N–H and O–H groups in total. The molecular weight excluding hydrogens is 302 g/mol. The number of halogens is 1. The summed E-state index contributed by atoms with van der Waals surface area (Å²) in [7, 11) is 0. The minimum absolute atomic E-state index is 0.473. The lowest BCUT2D eigenvalue weighted by Gasteiger charge is -2.13. The van der Waals surface area contributed by atoms with E-state index in [4.69, 9.17) is 10.00 Å². The van der Waals surface area contributed by atoms with Gasteiger partial charge < -0.3 is 4.74 Å². The zero-order chi connectivity index (χ0) is 13.7. The van der Waals surface area contributed by atoms with Crippen molar-refractivity contribution < 1.29 is 4.74 Å². The molecule has 96 valence electrons. The molecule has 0 radical (unpaired) electrons. The highest BCUT2D eigenvalue weighted by Crippen LogP contribution is 2.26. The van der Waals surface area contributed by atoms with Crippen molar-refractivity contribution in [1.29, 1.82) is 5.26 Å². The van der Waals surface area contributed by atoms with E-state index in [1.165, 1.54) is 0 Å². The van der Waals surface area contributed by atoms with Crippen LogP contribution in [0.1, 0.15) is 22.3 Å². The van der Waals surface area contributed by atoms with E-state index >= 15 is 0 Å². The predicted octanol–water partition coefficient (Wildman–Crippen LogP) is 4.34. The fourth-order valence-corrected chi connectivity index (χ4v) is 2.35. The number of nitrogens with zero attached hydrogens (tertiary/aromatic N) is 1. The first kappa shape index (κ1) is 13.6. The van der Waals surface area contributed by atoms with Crippen LogP contribution in [0.2, 0.25) is 0 Å². The Morgan fingerprint density at radius 3 is 2.74 bits per heavy atom. The lowest BCUT2D eigenvalue weighted by Crippen LogP contribution is -2.00. The minimum Gasteiger partial charge on any atom is -0.488 e. The minimum atomic E-state index is 0.473. The molecule has 0 saturated carbocycles. The second-order valence-corrected chi connectivity index (χ2v) is 4.86. The number of ether oxygens (including phenoxy) is 1. The molecule has 3 heteroatoms. The van der Waals surface area contributed by atoms with Crippen LogP contribution in [0.25, 0.3) is 0 Å². The normalized spacial score (nSPS) is 9.95. The first-order valence-corrected chi connectivity index (χ1v) is 7.13. The van der Waals surface area contributed by atoms with Crippen molar-refractivity contribution in [2.24, 2.45) is 0 Å². The van der Waals surface area contributed by atoms with Crippen molar-refractivity contribution >= 4 is 15.9 Å². The molecule has 0 spiro atoms. The molecule has 0 fully saturated rings. The largest absolute Gasteiger partial charge is 0.488 e. The standard InChI is InChI=1S/C16H14BrNO/c1-12-4-2-7-15(9-17)16(12)19-11-14-6-3-5-13(8-14)10-18/h2-8H,9,11H2,1H3. The summed E-state index contributed by atoms with van der Waals surface area (Å²) in [5.74, 6) is 0.918. The van der Waals surface area contributed by atoms with E-state index in [2.05, 4.69) is 22.0 Å². The van der Waals surface area contributed by atoms with E-state index in [0.717, 1.165) is 27.8 Å². The van der Waals surface area contributed by atoms with Crippen molar-refractivity contribution in [3.8, 4) is 11.8 Å². The summed E-state index contributed by atoms with van der Waals surface area (Å²) >= 11 is 3.47. The molecule has 0 unspecified atom stereocenters. The van der Waals surface area contributed by atoms with Gasteiger partial charge in [0.1, 0.15) is 12.4 Å². The molecule has 0 aromatic heterocycles. The average molecular weight is 316 g/mol. The molecule has 0 amide bonds. The molecule has 19 heavy (non-hydrogen) atoms. The third kappa shape index (κ3) is 3.36. The van der Waals surface area contributed by atoms with Crippen molar-refractivity contribution in [2.45, 2.75) is 18.9 Å². The number of aryl methyl sites for hydroxylation is 1. The Hall–Kier alpha value is -1.79. The van der Waals surface area contributed by atoms with Crippen molar-refractivity contribution in [1.82, 2.24) is 0 Å². The van der Waals surface area contributed by atoms with Crippen LogP contribution in [0.15, 0.2) is 42.5 Å². The quantitative estimate of drug-likeness (QED) is 0.786. The highest BCUT2D eigenvalue weighted by atomic mass is 79.9. The van der Waals surface area contributed by atoms with Gasteiger partial charge in [-0.15, -0.1) is 0 Å². The van der Waals surface area contributed by atoms with Crippen molar-refractivity contribution in [3.63, 3.8) is 0 Å². The van der Waals surface area contributed by atoms with E-state index in [-0.39, 0.29) is 0 Å². The van der Waals surface area contributed by atoms with Gasteiger partial charge in [0.15, 0.2) is 0 Å². The molecule has 0 bridgehead atoms. The summed E-state index contributed by atoms with van der Waals surface area (Å²) in [5, 5.41) is 9.64. The van der Waals surface area contributed by atoms with Gasteiger partial charge in [0, 0.05) is 10.9 Å². The number of para-hydroxylation sites is 1. The summed E-state index contributed by atoms with van der Waals surface area (Å²) in [5.41, 5.74) is 3.92. The Morgan fingerprint density at radius 1 is 1.21 bits per heavy atom. The van der Waals surface area contributed by atoms with Crippen LogP contribution < -0.4 is 4.74 Å². The monoisotopic (exact) mass is 315 g/mol. The number of nitriles is 1. The molecule has 0 aliphatic carbocycles. The lowest BCUT2D eigenvalue weighted by molar-refractivity contribution is 0.302. The summed E-state index contributed by atoms with van der Waals surface area (Å²) in [4.78, 5) is 0. The molecule has 0 heterocycles. The fraction of sp³-hybridized carbons (Fsp3) is 0.188. The smallest absolute Gasteiger partial charge is 0.126 e. The zero-order valence-corrected chi connectivity index (χ0v) is 12.3. The summed E-state index contributed by atoms with van der Waals surface area (Å²) in [6, 6.07) is 15.7. The van der Waals surface area contributed by atoms with Crippen molar-refractivity contribution in [3.05, 3.63) is 64.7 Å². The van der Waals surface area contributed by atoms with Gasteiger partial charge in [-0.05, 0) is 30.2 Å². The Morgan fingerprint density at radius 2 is 2.00 bits per heavy atom. The average Bonchev–Trinajstić information content (AvgIpc) is 2.46. The Kier molecular flexibility index (Phi) is 4.59. The predicted molar refractivity (Wildman–Crippen MR) is 79.3 cm³/mol. The molecule has 2 aromatic carbocycles. The van der Waals surface area contributed by atoms with E-state index < -0.39 is 0 Å². The molecule has 0 aliphatic heterocycles. The van der Waals surface area contributed by atoms with Crippen LogP contribution in [-0.2, 0) is 11.9 Å². The Balaban J connectivity index is 2.17. The molecule has 2 aromatic rings. The molecule has 2 nitrogen and oxygen atoms in total. The molecular formula is C16H14BrNO. The third-order valence-corrected chi connectivity index (χ3v) is 3.48. The number of hydrogen-bond acceptors (Lipinski definition) is 2. The van der Waals surface area contributed by atoms with Crippen LogP contribution in [0, 0.1) is 18.3 Å². The maximum Gasteiger partial charge on any atom is 0.126 e. The third-order valence-electron chi connectivity index (χ3n) is 2.88. The number of rotatable bonds is 4. The van der Waals surface area contributed by atoms with E-state index in [0.29, 0.717) is 12.2 Å². The molecule has 2 rings (SSSR count). The molecule has 0 aliphatic rings. The lowest BCUT2D eigenvalue weighted by atomic mass is 10.1. The highest BCUT2D eigenvalue weighted by molar-refractivity contribution is 9.08. The summed E-state index contributed by atoms with van der Waals surface area (Å²) in [6.07, 6.45) is 0. The fourth-order valence-electron chi connectivity index (χ4n) is 1.91. The number of hydrogen-bond donors (Lipinski definition) is 0. The zero-order valence-electron chi connectivity index (χ0n) is 10.7. The number of benzene rings is 2. The SMILES string of the molecule is Cc1cccc(CBr)c1OCc1cccc(C#N)c1. The molecule has 0 atom stereocenters. The maximum absolute atomic E-state index is 8.88. The van der Waals surface area contributed by atoms with Gasteiger partial charge in [0.2, 0.25) is 0 Å². The van der Waals surface area contributed by atoms with Gasteiger partial charge >= 0.3 is 0 Å². The van der Waals surface area contributed by atoms with E-state index in [1.807, 2.05) is 43.3 Å². The van der Waals surface area contributed by atoms with Crippen molar-refractivity contribution in [2.75, 3.05) is 0 Å². The van der Waals surface area contributed by atoms with Gasteiger partial charge in [-0.25, -0.2) is 0 Å². The highest BCUT2D eigenvalue weighted by Gasteiger charge is 2.06. The topological polar surface area (TPSA) is 33.0 Å². The second-order valence-electron chi connectivity index (χ2n) is 4.30. The molecule has 0 saturated heterocycles. The van der Waals surface area contributed by atoms with Crippen LogP contribution in [0.5, 0.6) is 5.75 Å². The Labute approximate surface area is 121 Å². The van der Waals surface area contributed by atoms with E-state index in [9.17, 15) is 0 Å². The summed E-state index contributed by atoms with van der Waals surface area (Å²) < 4.78 is 5.90. The first-order valence-electron chi connectivity index (χ1n) is 6.01. The maximum atomic E-state index is 8.88. The van der Waals surface area contributed by atoms with Gasteiger partial charge in [-0.3, -0.25) is 0 Å². The van der Waals surface area contributed by atoms with Crippen LogP contribution in [0.4, 0.5) is 0 Å². The first-order chi connectivity index (χ1) is 9.24. The summed E-state index contributed by atoms with van der Waals surface area (Å²) in [6.45, 7) is 2.51.